The van der Waals surface area contributed by atoms with Crippen molar-refractivity contribution in [3.8, 4) is 0 Å². The molecule has 1 aliphatic rings. The van der Waals surface area contributed by atoms with Gasteiger partial charge < -0.3 is 10.6 Å². The van der Waals surface area contributed by atoms with E-state index >= 15 is 0 Å². The summed E-state index contributed by atoms with van der Waals surface area (Å²) < 4.78 is 0. The molecule has 17 heavy (non-hydrogen) atoms. The van der Waals surface area contributed by atoms with Crippen molar-refractivity contribution in [1.82, 2.24) is 15.6 Å². The van der Waals surface area contributed by atoms with Gasteiger partial charge in [-0.15, -0.1) is 0 Å². The van der Waals surface area contributed by atoms with Crippen LogP contribution in [0.4, 0.5) is 0 Å². The summed E-state index contributed by atoms with van der Waals surface area (Å²) in [5, 5.41) is 6.25. The Hall–Kier alpha value is -1.42. The van der Waals surface area contributed by atoms with Gasteiger partial charge in [-0.2, -0.15) is 0 Å². The van der Waals surface area contributed by atoms with Crippen LogP contribution < -0.4 is 10.6 Å². The smallest absolute Gasteiger partial charge is 0.237 e. The van der Waals surface area contributed by atoms with Gasteiger partial charge in [0.1, 0.15) is 0 Å². The predicted molar refractivity (Wildman–Crippen MR) is 66.4 cm³/mol. The van der Waals surface area contributed by atoms with Crippen LogP contribution in [0.25, 0.3) is 0 Å². The van der Waals surface area contributed by atoms with Gasteiger partial charge in [0.25, 0.3) is 0 Å². The Balaban J connectivity index is 1.89. The molecule has 2 rings (SSSR count). The molecule has 0 bridgehead atoms. The molecule has 2 heterocycles. The second-order valence-corrected chi connectivity index (χ2v) is 4.49. The lowest BCUT2D eigenvalue weighted by atomic mass is 10.0. The number of piperidine rings is 1. The first-order valence-corrected chi connectivity index (χ1v) is 6.22. The van der Waals surface area contributed by atoms with Crippen LogP contribution >= 0.6 is 0 Å². The summed E-state index contributed by atoms with van der Waals surface area (Å²) in [6, 6.07) is 5.67. The molecule has 1 fully saturated rings. The van der Waals surface area contributed by atoms with Crippen molar-refractivity contribution in [1.29, 1.82) is 0 Å². The minimum Gasteiger partial charge on any atom is -0.347 e. The lowest BCUT2D eigenvalue weighted by Gasteiger charge is -2.24. The Morgan fingerprint density at radius 3 is 3.06 bits per heavy atom. The number of hydrogen-bond acceptors (Lipinski definition) is 3. The fourth-order valence-electron chi connectivity index (χ4n) is 2.10. The van der Waals surface area contributed by atoms with Gasteiger partial charge in [-0.3, -0.25) is 9.78 Å². The summed E-state index contributed by atoms with van der Waals surface area (Å²) in [4.78, 5) is 16.2. The molecule has 1 saturated heterocycles. The van der Waals surface area contributed by atoms with E-state index in [-0.39, 0.29) is 18.0 Å². The van der Waals surface area contributed by atoms with Gasteiger partial charge in [0.15, 0.2) is 0 Å². The first kappa shape index (κ1) is 12.0. The molecule has 0 spiro atoms. The van der Waals surface area contributed by atoms with Gasteiger partial charge in [0.2, 0.25) is 5.91 Å². The largest absolute Gasteiger partial charge is 0.347 e. The summed E-state index contributed by atoms with van der Waals surface area (Å²) in [6.45, 7) is 2.90. The van der Waals surface area contributed by atoms with Crippen LogP contribution in [0.15, 0.2) is 24.4 Å². The molecule has 0 saturated carbocycles. The van der Waals surface area contributed by atoms with Crippen LogP contribution in [0.5, 0.6) is 0 Å². The van der Waals surface area contributed by atoms with Crippen LogP contribution in [0.1, 0.15) is 37.9 Å². The monoisotopic (exact) mass is 233 g/mol. The number of amides is 1. The zero-order valence-electron chi connectivity index (χ0n) is 10.1. The number of hydrogen-bond donors (Lipinski definition) is 2. The average Bonchev–Trinajstić information content (AvgIpc) is 2.40. The Bertz CT molecular complexity index is 360. The van der Waals surface area contributed by atoms with Crippen molar-refractivity contribution in [3.63, 3.8) is 0 Å². The molecule has 1 aromatic rings. The van der Waals surface area contributed by atoms with Crippen molar-refractivity contribution in [3.05, 3.63) is 30.1 Å². The van der Waals surface area contributed by atoms with Gasteiger partial charge in [-0.05, 0) is 38.4 Å². The van der Waals surface area contributed by atoms with Crippen LogP contribution in [-0.4, -0.2) is 23.5 Å². The van der Waals surface area contributed by atoms with Gasteiger partial charge in [0.05, 0.1) is 17.8 Å². The van der Waals surface area contributed by atoms with Gasteiger partial charge in [0, 0.05) is 6.20 Å². The number of carbonyl (C=O) groups is 1. The van der Waals surface area contributed by atoms with E-state index in [0.717, 1.165) is 25.1 Å². The summed E-state index contributed by atoms with van der Waals surface area (Å²) in [5.74, 6) is 0.0860. The standard InChI is InChI=1S/C13H19N3O/c1-10(11-6-2-4-8-14-11)16-13(17)12-7-3-5-9-15-12/h2,4,6,8,10,12,15H,3,5,7,9H2,1H3,(H,16,17)/t10-,12-/m1/s1. The SMILES string of the molecule is C[C@@H](NC(=O)[C@H]1CCCCN1)c1ccccn1. The number of carbonyl (C=O) groups excluding carboxylic acids is 1. The fourth-order valence-corrected chi connectivity index (χ4v) is 2.10. The minimum atomic E-state index is -0.0348. The van der Waals surface area contributed by atoms with Crippen LogP contribution in [0, 0.1) is 0 Å². The normalized spacial score (nSPS) is 21.8. The molecule has 4 heteroatoms. The van der Waals surface area contributed by atoms with Crippen LogP contribution in [-0.2, 0) is 4.79 Å². The molecule has 0 unspecified atom stereocenters. The van der Waals surface area contributed by atoms with E-state index in [1.54, 1.807) is 6.20 Å². The number of nitrogens with one attached hydrogen (secondary N) is 2. The molecule has 2 atom stereocenters. The highest BCUT2D eigenvalue weighted by atomic mass is 16.2. The zero-order chi connectivity index (χ0) is 12.1. The third-order valence-corrected chi connectivity index (χ3v) is 3.12. The third kappa shape index (κ3) is 3.27. The third-order valence-electron chi connectivity index (χ3n) is 3.12. The summed E-state index contributed by atoms with van der Waals surface area (Å²) in [5.41, 5.74) is 0.900. The van der Waals surface area contributed by atoms with E-state index < -0.39 is 0 Å². The molecular formula is C13H19N3O. The van der Waals surface area contributed by atoms with E-state index in [9.17, 15) is 4.79 Å². The van der Waals surface area contributed by atoms with Crippen molar-refractivity contribution < 1.29 is 4.79 Å². The molecule has 0 aliphatic carbocycles. The molecular weight excluding hydrogens is 214 g/mol. The van der Waals surface area contributed by atoms with E-state index in [0.29, 0.717) is 0 Å². The van der Waals surface area contributed by atoms with Gasteiger partial charge in [-0.1, -0.05) is 12.5 Å². The van der Waals surface area contributed by atoms with Crippen LogP contribution in [0.3, 0.4) is 0 Å². The highest BCUT2D eigenvalue weighted by Crippen LogP contribution is 2.11. The first-order chi connectivity index (χ1) is 8.27. The Morgan fingerprint density at radius 1 is 1.53 bits per heavy atom. The van der Waals surface area contributed by atoms with E-state index in [1.165, 1.54) is 6.42 Å². The van der Waals surface area contributed by atoms with Gasteiger partial charge >= 0.3 is 0 Å². The fraction of sp³-hybridized carbons (Fsp3) is 0.538. The van der Waals surface area contributed by atoms with E-state index in [4.69, 9.17) is 0 Å². The predicted octanol–water partition coefficient (Wildman–Crippen LogP) is 1.40. The number of nitrogens with zero attached hydrogens (tertiary/aromatic N) is 1. The Kier molecular flexibility index (Phi) is 4.09. The summed E-state index contributed by atoms with van der Waals surface area (Å²) in [7, 11) is 0. The summed E-state index contributed by atoms with van der Waals surface area (Å²) in [6.07, 6.45) is 4.97. The molecule has 1 amide bonds. The molecule has 92 valence electrons. The van der Waals surface area contributed by atoms with E-state index in [2.05, 4.69) is 15.6 Å². The minimum absolute atomic E-state index is 0.0325. The topological polar surface area (TPSA) is 54.0 Å². The molecule has 1 aromatic heterocycles. The van der Waals surface area contributed by atoms with Crippen LogP contribution in [0.2, 0.25) is 0 Å². The number of aromatic nitrogens is 1. The quantitative estimate of drug-likeness (QED) is 0.829. The maximum atomic E-state index is 12.0. The molecule has 2 N–H and O–H groups in total. The average molecular weight is 233 g/mol. The maximum absolute atomic E-state index is 12.0. The lowest BCUT2D eigenvalue weighted by Crippen LogP contribution is -2.47. The second-order valence-electron chi connectivity index (χ2n) is 4.49. The van der Waals surface area contributed by atoms with Gasteiger partial charge in [-0.25, -0.2) is 0 Å². The lowest BCUT2D eigenvalue weighted by molar-refractivity contribution is -0.124. The highest BCUT2D eigenvalue weighted by molar-refractivity contribution is 5.82. The van der Waals surface area contributed by atoms with Crippen molar-refractivity contribution >= 4 is 5.91 Å². The Morgan fingerprint density at radius 2 is 2.41 bits per heavy atom. The van der Waals surface area contributed by atoms with Crippen molar-refractivity contribution in [2.45, 2.75) is 38.3 Å². The molecule has 4 nitrogen and oxygen atoms in total. The zero-order valence-corrected chi connectivity index (χ0v) is 10.1. The molecule has 0 radical (unpaired) electrons. The number of rotatable bonds is 3. The number of pyridine rings is 1. The second kappa shape index (κ2) is 5.77. The van der Waals surface area contributed by atoms with Crippen molar-refractivity contribution in [2.75, 3.05) is 6.54 Å². The highest BCUT2D eigenvalue weighted by Gasteiger charge is 2.22. The molecule has 0 aromatic carbocycles. The molecule has 1 aliphatic heterocycles. The first-order valence-electron chi connectivity index (χ1n) is 6.22. The Labute approximate surface area is 102 Å². The van der Waals surface area contributed by atoms with Crippen molar-refractivity contribution in [2.24, 2.45) is 0 Å². The summed E-state index contributed by atoms with van der Waals surface area (Å²) >= 11 is 0. The maximum Gasteiger partial charge on any atom is 0.237 e. The van der Waals surface area contributed by atoms with E-state index in [1.807, 2.05) is 25.1 Å².